The molecule has 0 bridgehead atoms. The topological polar surface area (TPSA) is 38.8 Å². The Labute approximate surface area is 161 Å². The average molecular weight is 400 g/mol. The zero-order chi connectivity index (χ0) is 17.6. The van der Waals surface area contributed by atoms with Gasteiger partial charge in [0.1, 0.15) is 5.75 Å². The summed E-state index contributed by atoms with van der Waals surface area (Å²) in [4.78, 5) is 15.6. The van der Waals surface area contributed by atoms with Gasteiger partial charge in [-0.15, -0.1) is 11.3 Å². The summed E-state index contributed by atoms with van der Waals surface area (Å²) in [5.74, 6) is 0.315. The first-order chi connectivity index (χ1) is 12.1. The maximum atomic E-state index is 12.7. The summed E-state index contributed by atoms with van der Waals surface area (Å²) in [6.45, 7) is 1.81. The molecule has 1 aliphatic rings. The summed E-state index contributed by atoms with van der Waals surface area (Å²) in [5.41, 5.74) is 0. The molecule has 2 heterocycles. The van der Waals surface area contributed by atoms with Gasteiger partial charge >= 0.3 is 0 Å². The van der Waals surface area contributed by atoms with Gasteiger partial charge in [0.05, 0.1) is 17.7 Å². The third-order valence-electron chi connectivity index (χ3n) is 3.97. The fraction of sp³-hybridized carbons (Fsp3) is 0.389. The molecule has 1 saturated heterocycles. The van der Waals surface area contributed by atoms with Gasteiger partial charge in [0.25, 0.3) is 5.91 Å². The van der Waals surface area contributed by atoms with Crippen LogP contribution in [-0.4, -0.2) is 36.7 Å². The van der Waals surface area contributed by atoms with Crippen LogP contribution in [0.2, 0.25) is 10.0 Å². The average Bonchev–Trinajstić information content (AvgIpc) is 3.28. The number of amides is 1. The summed E-state index contributed by atoms with van der Waals surface area (Å²) >= 11 is 13.7. The number of thiophene rings is 1. The Morgan fingerprint density at radius 2 is 2.24 bits per heavy atom. The van der Waals surface area contributed by atoms with Crippen LogP contribution in [0.15, 0.2) is 35.7 Å². The molecule has 2 aromatic rings. The lowest BCUT2D eigenvalue weighted by Crippen LogP contribution is -2.39. The van der Waals surface area contributed by atoms with E-state index in [0.29, 0.717) is 28.9 Å². The van der Waals surface area contributed by atoms with Crippen molar-refractivity contribution in [1.29, 1.82) is 0 Å². The number of rotatable bonds is 7. The Morgan fingerprint density at radius 1 is 1.36 bits per heavy atom. The minimum Gasteiger partial charge on any atom is -0.482 e. The van der Waals surface area contributed by atoms with E-state index in [1.807, 2.05) is 17.5 Å². The van der Waals surface area contributed by atoms with Crippen molar-refractivity contribution in [2.24, 2.45) is 0 Å². The minimum atomic E-state index is -0.0973. The van der Waals surface area contributed by atoms with Crippen LogP contribution in [0, 0.1) is 0 Å². The number of benzene rings is 1. The predicted octanol–water partition coefficient (Wildman–Crippen LogP) is 4.64. The van der Waals surface area contributed by atoms with Gasteiger partial charge in [0, 0.05) is 29.1 Å². The van der Waals surface area contributed by atoms with E-state index in [4.69, 9.17) is 32.7 Å². The molecule has 1 fully saturated rings. The van der Waals surface area contributed by atoms with E-state index >= 15 is 0 Å². The van der Waals surface area contributed by atoms with Gasteiger partial charge in [-0.2, -0.15) is 0 Å². The quantitative estimate of drug-likeness (QED) is 0.680. The highest BCUT2D eigenvalue weighted by atomic mass is 35.5. The molecule has 1 aromatic heterocycles. The Balaban J connectivity index is 1.63. The summed E-state index contributed by atoms with van der Waals surface area (Å²) in [6.07, 6.45) is 2.12. The van der Waals surface area contributed by atoms with E-state index in [9.17, 15) is 4.79 Å². The van der Waals surface area contributed by atoms with Crippen LogP contribution in [0.25, 0.3) is 0 Å². The van der Waals surface area contributed by atoms with Gasteiger partial charge in [-0.05, 0) is 36.4 Å². The summed E-state index contributed by atoms with van der Waals surface area (Å²) in [6, 6.07) is 8.95. The van der Waals surface area contributed by atoms with Gasteiger partial charge in [-0.25, -0.2) is 0 Å². The van der Waals surface area contributed by atoms with Crippen molar-refractivity contribution >= 4 is 40.4 Å². The third-order valence-corrected chi connectivity index (χ3v) is 5.38. The van der Waals surface area contributed by atoms with Crippen LogP contribution in [0.3, 0.4) is 0 Å². The molecule has 0 N–H and O–H groups in total. The van der Waals surface area contributed by atoms with Gasteiger partial charge in [0.15, 0.2) is 6.61 Å². The fourth-order valence-electron chi connectivity index (χ4n) is 2.70. The van der Waals surface area contributed by atoms with Crippen LogP contribution in [0.4, 0.5) is 0 Å². The molecule has 0 radical (unpaired) electrons. The summed E-state index contributed by atoms with van der Waals surface area (Å²) < 4.78 is 11.3. The second-order valence-electron chi connectivity index (χ2n) is 5.85. The number of halogens is 2. The molecule has 1 unspecified atom stereocenters. The van der Waals surface area contributed by atoms with Crippen LogP contribution < -0.4 is 4.74 Å². The van der Waals surface area contributed by atoms with Crippen molar-refractivity contribution in [3.8, 4) is 5.75 Å². The number of nitrogens with zero attached hydrogens (tertiary/aromatic N) is 1. The fourth-order valence-corrected chi connectivity index (χ4v) is 3.75. The molecule has 0 saturated carbocycles. The molecule has 134 valence electrons. The first-order valence-corrected chi connectivity index (χ1v) is 9.75. The lowest BCUT2D eigenvalue weighted by Gasteiger charge is -2.25. The number of carbonyl (C=O) groups excluding carboxylic acids is 1. The smallest absolute Gasteiger partial charge is 0.260 e. The van der Waals surface area contributed by atoms with Crippen LogP contribution in [0.5, 0.6) is 5.75 Å². The monoisotopic (exact) mass is 399 g/mol. The molecule has 0 aliphatic carbocycles. The zero-order valence-corrected chi connectivity index (χ0v) is 15.9. The van der Waals surface area contributed by atoms with Gasteiger partial charge in [-0.1, -0.05) is 29.3 Å². The van der Waals surface area contributed by atoms with Crippen molar-refractivity contribution < 1.29 is 14.3 Å². The zero-order valence-electron chi connectivity index (χ0n) is 13.6. The normalized spacial score (nSPS) is 16.8. The molecular formula is C18H19Cl2NO3S. The number of hydrogen-bond acceptors (Lipinski definition) is 4. The van der Waals surface area contributed by atoms with E-state index < -0.39 is 0 Å². The van der Waals surface area contributed by atoms with Crippen molar-refractivity contribution in [1.82, 2.24) is 4.90 Å². The van der Waals surface area contributed by atoms with Crippen LogP contribution in [-0.2, 0) is 16.1 Å². The summed E-state index contributed by atoms with van der Waals surface area (Å²) in [5, 5.41) is 2.95. The molecule has 7 heteroatoms. The third kappa shape index (κ3) is 5.35. The largest absolute Gasteiger partial charge is 0.482 e. The molecule has 1 aliphatic heterocycles. The number of hydrogen-bond donors (Lipinski definition) is 0. The lowest BCUT2D eigenvalue weighted by atomic mass is 10.2. The van der Waals surface area contributed by atoms with Gasteiger partial charge in [0.2, 0.25) is 0 Å². The van der Waals surface area contributed by atoms with Crippen LogP contribution in [0.1, 0.15) is 17.7 Å². The second kappa shape index (κ2) is 8.90. The molecule has 1 aromatic carbocycles. The highest BCUT2D eigenvalue weighted by Gasteiger charge is 2.23. The first kappa shape index (κ1) is 18.5. The van der Waals surface area contributed by atoms with E-state index in [-0.39, 0.29) is 18.6 Å². The maximum absolute atomic E-state index is 12.7. The van der Waals surface area contributed by atoms with E-state index in [0.717, 1.165) is 24.3 Å². The Morgan fingerprint density at radius 3 is 2.96 bits per heavy atom. The first-order valence-electron chi connectivity index (χ1n) is 8.11. The number of ether oxygens (including phenoxy) is 2. The van der Waals surface area contributed by atoms with Crippen LogP contribution >= 0.6 is 34.5 Å². The molecule has 1 atom stereocenters. The summed E-state index contributed by atoms with van der Waals surface area (Å²) in [7, 11) is 0. The van der Waals surface area contributed by atoms with E-state index in [1.54, 1.807) is 34.4 Å². The standard InChI is InChI=1S/C18H19Cl2NO3S/c19-13-5-6-16(20)17(9-13)24-12-18(22)21(10-14-3-1-7-23-14)11-15-4-2-8-25-15/h2,4-6,8-9,14H,1,3,7,10-12H2. The van der Waals surface area contributed by atoms with Crippen molar-refractivity contribution in [2.45, 2.75) is 25.5 Å². The lowest BCUT2D eigenvalue weighted by molar-refractivity contribution is -0.135. The molecule has 0 spiro atoms. The second-order valence-corrected chi connectivity index (χ2v) is 7.73. The molecule has 25 heavy (non-hydrogen) atoms. The maximum Gasteiger partial charge on any atom is 0.260 e. The predicted molar refractivity (Wildman–Crippen MR) is 101 cm³/mol. The van der Waals surface area contributed by atoms with E-state index in [1.165, 1.54) is 0 Å². The highest BCUT2D eigenvalue weighted by Crippen LogP contribution is 2.27. The molecule has 3 rings (SSSR count). The van der Waals surface area contributed by atoms with E-state index in [2.05, 4.69) is 0 Å². The van der Waals surface area contributed by atoms with Crippen molar-refractivity contribution in [2.75, 3.05) is 19.8 Å². The van der Waals surface area contributed by atoms with Gasteiger partial charge in [-0.3, -0.25) is 4.79 Å². The number of carbonyl (C=O) groups is 1. The van der Waals surface area contributed by atoms with Crippen molar-refractivity contribution in [3.63, 3.8) is 0 Å². The molecule has 4 nitrogen and oxygen atoms in total. The Bertz CT molecular complexity index is 702. The molecule has 1 amide bonds. The Kier molecular flexibility index (Phi) is 6.59. The van der Waals surface area contributed by atoms with Crippen molar-refractivity contribution in [3.05, 3.63) is 50.6 Å². The highest BCUT2D eigenvalue weighted by molar-refractivity contribution is 7.09. The Hall–Kier alpha value is -1.27. The molecular weight excluding hydrogens is 381 g/mol. The SMILES string of the molecule is O=C(COc1cc(Cl)ccc1Cl)N(Cc1cccs1)CC1CCCO1. The minimum absolute atomic E-state index is 0.0852. The van der Waals surface area contributed by atoms with Gasteiger partial charge < -0.3 is 14.4 Å².